The van der Waals surface area contributed by atoms with Crippen LogP contribution in [0.5, 0.6) is 0 Å². The molecule has 2 heterocycles. The number of rotatable bonds is 1. The first-order chi connectivity index (χ1) is 5.77. The number of aryl methyl sites for hydroxylation is 1. The van der Waals surface area contributed by atoms with Gasteiger partial charge in [0, 0.05) is 31.5 Å². The van der Waals surface area contributed by atoms with Crippen LogP contribution in [0.3, 0.4) is 0 Å². The molecule has 2 atom stereocenters. The predicted octanol–water partition coefficient (Wildman–Crippen LogP) is 1.05. The van der Waals surface area contributed by atoms with E-state index in [0.29, 0.717) is 0 Å². The number of nitrogens with two attached hydrogens (primary N) is 1. The first-order valence-corrected chi connectivity index (χ1v) is 4.13. The van der Waals surface area contributed by atoms with Crippen molar-refractivity contribution in [2.75, 3.05) is 6.61 Å². The zero-order valence-corrected chi connectivity index (χ0v) is 9.55. The van der Waals surface area contributed by atoms with Crippen molar-refractivity contribution in [1.29, 1.82) is 0 Å². The van der Waals surface area contributed by atoms with Crippen molar-refractivity contribution in [3.05, 3.63) is 18.0 Å². The molecule has 0 aromatic carbocycles. The van der Waals surface area contributed by atoms with Crippen molar-refractivity contribution in [2.24, 2.45) is 12.8 Å². The van der Waals surface area contributed by atoms with E-state index in [9.17, 15) is 0 Å². The molecule has 1 aromatic heterocycles. The lowest BCUT2D eigenvalue weighted by Crippen LogP contribution is -2.23. The van der Waals surface area contributed by atoms with Gasteiger partial charge in [-0.05, 0) is 6.42 Å². The topological polar surface area (TPSA) is 53.1 Å². The Morgan fingerprint density at radius 2 is 2.29 bits per heavy atom. The van der Waals surface area contributed by atoms with Crippen molar-refractivity contribution >= 4 is 24.8 Å². The van der Waals surface area contributed by atoms with Gasteiger partial charge in [0.15, 0.2) is 0 Å². The number of aromatic nitrogens is 2. The van der Waals surface area contributed by atoms with E-state index in [1.807, 2.05) is 19.4 Å². The Kier molecular flexibility index (Phi) is 5.44. The fraction of sp³-hybridized carbons (Fsp3) is 0.625. The van der Waals surface area contributed by atoms with E-state index in [2.05, 4.69) is 5.10 Å². The third kappa shape index (κ3) is 2.60. The molecule has 0 saturated carbocycles. The summed E-state index contributed by atoms with van der Waals surface area (Å²) in [5.41, 5.74) is 6.94. The van der Waals surface area contributed by atoms with Crippen LogP contribution in [0.2, 0.25) is 0 Å². The summed E-state index contributed by atoms with van der Waals surface area (Å²) in [5.74, 6) is 0. The van der Waals surface area contributed by atoms with Gasteiger partial charge in [0.2, 0.25) is 0 Å². The van der Waals surface area contributed by atoms with Gasteiger partial charge in [0.25, 0.3) is 0 Å². The van der Waals surface area contributed by atoms with Crippen molar-refractivity contribution in [2.45, 2.75) is 18.6 Å². The van der Waals surface area contributed by atoms with Crippen molar-refractivity contribution < 1.29 is 4.74 Å². The van der Waals surface area contributed by atoms with Crippen LogP contribution in [-0.4, -0.2) is 22.4 Å². The second kappa shape index (κ2) is 5.56. The smallest absolute Gasteiger partial charge is 0.101 e. The second-order valence-electron chi connectivity index (χ2n) is 3.19. The Balaban J connectivity index is 0.000000845. The molecule has 1 aromatic rings. The summed E-state index contributed by atoms with van der Waals surface area (Å²) in [5, 5.41) is 4.08. The average Bonchev–Trinajstić information content (AvgIpc) is 2.58. The molecule has 0 spiro atoms. The van der Waals surface area contributed by atoms with Crippen molar-refractivity contribution in [3.63, 3.8) is 0 Å². The summed E-state index contributed by atoms with van der Waals surface area (Å²) in [7, 11) is 1.89. The molecule has 1 saturated heterocycles. The lowest BCUT2D eigenvalue weighted by Gasteiger charge is -2.11. The fourth-order valence-corrected chi connectivity index (χ4v) is 1.54. The molecule has 6 heteroatoms. The Morgan fingerprint density at radius 1 is 1.57 bits per heavy atom. The van der Waals surface area contributed by atoms with E-state index < -0.39 is 0 Å². The van der Waals surface area contributed by atoms with Crippen LogP contribution in [-0.2, 0) is 11.8 Å². The summed E-state index contributed by atoms with van der Waals surface area (Å²) in [6, 6.07) is 0.134. The van der Waals surface area contributed by atoms with Gasteiger partial charge in [-0.1, -0.05) is 0 Å². The molecule has 4 nitrogen and oxygen atoms in total. The van der Waals surface area contributed by atoms with Gasteiger partial charge in [0.1, 0.15) is 6.10 Å². The van der Waals surface area contributed by atoms with E-state index in [0.717, 1.165) is 18.6 Å². The monoisotopic (exact) mass is 239 g/mol. The molecule has 1 fully saturated rings. The van der Waals surface area contributed by atoms with Crippen LogP contribution in [0.25, 0.3) is 0 Å². The molecule has 0 bridgehead atoms. The Hall–Kier alpha value is -0.290. The highest BCUT2D eigenvalue weighted by molar-refractivity contribution is 5.85. The summed E-state index contributed by atoms with van der Waals surface area (Å²) < 4.78 is 7.25. The third-order valence-corrected chi connectivity index (χ3v) is 2.19. The fourth-order valence-electron chi connectivity index (χ4n) is 1.54. The zero-order chi connectivity index (χ0) is 8.55. The van der Waals surface area contributed by atoms with Crippen LogP contribution in [0.4, 0.5) is 0 Å². The number of ether oxygens (including phenoxy) is 1. The highest BCUT2D eigenvalue weighted by Gasteiger charge is 2.27. The highest BCUT2D eigenvalue weighted by atomic mass is 35.5. The Morgan fingerprint density at radius 3 is 2.71 bits per heavy atom. The molecule has 14 heavy (non-hydrogen) atoms. The van der Waals surface area contributed by atoms with Gasteiger partial charge in [-0.25, -0.2) is 0 Å². The van der Waals surface area contributed by atoms with Gasteiger partial charge in [-0.15, -0.1) is 24.8 Å². The minimum atomic E-state index is 0. The number of hydrogen-bond acceptors (Lipinski definition) is 3. The molecule has 82 valence electrons. The largest absolute Gasteiger partial charge is 0.372 e. The summed E-state index contributed by atoms with van der Waals surface area (Å²) in [4.78, 5) is 0. The van der Waals surface area contributed by atoms with Gasteiger partial charge < -0.3 is 10.5 Å². The van der Waals surface area contributed by atoms with Gasteiger partial charge in [-0.3, -0.25) is 4.68 Å². The molecule has 2 N–H and O–H groups in total. The maximum absolute atomic E-state index is 5.86. The van der Waals surface area contributed by atoms with E-state index in [4.69, 9.17) is 10.5 Å². The van der Waals surface area contributed by atoms with Gasteiger partial charge in [0.05, 0.1) is 6.20 Å². The molecule has 0 aliphatic carbocycles. The normalized spacial score (nSPS) is 25.3. The second-order valence-corrected chi connectivity index (χ2v) is 3.19. The summed E-state index contributed by atoms with van der Waals surface area (Å²) in [6.07, 6.45) is 4.77. The van der Waals surface area contributed by atoms with Crippen LogP contribution in [0.1, 0.15) is 18.1 Å². The van der Waals surface area contributed by atoms with Crippen LogP contribution < -0.4 is 5.73 Å². The maximum atomic E-state index is 5.86. The number of halogens is 2. The highest BCUT2D eigenvalue weighted by Crippen LogP contribution is 2.26. The first-order valence-electron chi connectivity index (χ1n) is 4.13. The zero-order valence-electron chi connectivity index (χ0n) is 7.92. The standard InChI is InChI=1S/C8H13N3O.2ClH/c1-11-5-6(4-10-11)8-7(9)2-3-12-8;;/h4-5,7-8H,2-3,9H2,1H3;2*1H/t7-,8+;;/m1../s1. The van der Waals surface area contributed by atoms with Crippen molar-refractivity contribution in [1.82, 2.24) is 9.78 Å². The van der Waals surface area contributed by atoms with Crippen LogP contribution in [0, 0.1) is 0 Å². The van der Waals surface area contributed by atoms with E-state index >= 15 is 0 Å². The number of nitrogens with zero attached hydrogens (tertiary/aromatic N) is 2. The molecule has 2 rings (SSSR count). The molecule has 0 unspecified atom stereocenters. The quantitative estimate of drug-likeness (QED) is 0.798. The van der Waals surface area contributed by atoms with Gasteiger partial charge >= 0.3 is 0 Å². The lowest BCUT2D eigenvalue weighted by atomic mass is 10.1. The minimum Gasteiger partial charge on any atom is -0.372 e. The molecule has 0 radical (unpaired) electrons. The van der Waals surface area contributed by atoms with Crippen molar-refractivity contribution in [3.8, 4) is 0 Å². The molecular formula is C8H15Cl2N3O. The van der Waals surface area contributed by atoms with Crippen LogP contribution in [0.15, 0.2) is 12.4 Å². The van der Waals surface area contributed by atoms with E-state index in [1.54, 1.807) is 4.68 Å². The number of hydrogen-bond donors (Lipinski definition) is 1. The molecular weight excluding hydrogens is 225 g/mol. The third-order valence-electron chi connectivity index (χ3n) is 2.19. The predicted molar refractivity (Wildman–Crippen MR) is 59.0 cm³/mol. The Bertz CT molecular complexity index is 279. The average molecular weight is 240 g/mol. The summed E-state index contributed by atoms with van der Waals surface area (Å²) in [6.45, 7) is 0.765. The first kappa shape index (κ1) is 13.7. The van der Waals surface area contributed by atoms with Gasteiger partial charge in [-0.2, -0.15) is 5.10 Å². The van der Waals surface area contributed by atoms with E-state index in [1.165, 1.54) is 0 Å². The maximum Gasteiger partial charge on any atom is 0.101 e. The minimum absolute atomic E-state index is 0. The lowest BCUT2D eigenvalue weighted by molar-refractivity contribution is 0.105. The molecule has 0 amide bonds. The Labute approximate surface area is 95.6 Å². The van der Waals surface area contributed by atoms with Crippen LogP contribution >= 0.6 is 24.8 Å². The molecule has 1 aliphatic rings. The van der Waals surface area contributed by atoms with E-state index in [-0.39, 0.29) is 37.0 Å². The SMILES string of the molecule is Cl.Cl.Cn1cc([C@@H]2OCC[C@H]2N)cn1. The summed E-state index contributed by atoms with van der Waals surface area (Å²) >= 11 is 0. The molecule has 1 aliphatic heterocycles.